The number of rotatable bonds is 14. The minimum Gasteiger partial charge on any atom is -0.495 e. The van der Waals surface area contributed by atoms with Crippen LogP contribution in [0.4, 0.5) is 5.69 Å². The van der Waals surface area contributed by atoms with E-state index < -0.39 is 28.5 Å². The Morgan fingerprint density at radius 3 is 2.29 bits per heavy atom. The van der Waals surface area contributed by atoms with Crippen molar-refractivity contribution in [1.29, 1.82) is 0 Å². The van der Waals surface area contributed by atoms with Crippen molar-refractivity contribution >= 4 is 39.1 Å². The maximum absolute atomic E-state index is 14.2. The van der Waals surface area contributed by atoms with Gasteiger partial charge in [0.05, 0.1) is 19.1 Å². The van der Waals surface area contributed by atoms with Gasteiger partial charge in [0, 0.05) is 24.5 Å². The Morgan fingerprint density at radius 1 is 1.00 bits per heavy atom. The number of amides is 2. The second kappa shape index (κ2) is 14.9. The van der Waals surface area contributed by atoms with E-state index in [9.17, 15) is 18.0 Å². The second-order valence-electron chi connectivity index (χ2n) is 9.94. The number of halogens is 1. The number of hydrogen-bond donors (Lipinski definition) is 1. The molecule has 0 heterocycles. The molecule has 2 amide bonds. The molecule has 0 radical (unpaired) electrons. The molecule has 0 aromatic heterocycles. The fraction of sp³-hybridized carbons (Fsp3) is 0.355. The van der Waals surface area contributed by atoms with E-state index in [-0.39, 0.29) is 24.6 Å². The van der Waals surface area contributed by atoms with Crippen LogP contribution in [0.3, 0.4) is 0 Å². The van der Waals surface area contributed by atoms with Crippen LogP contribution in [0.1, 0.15) is 36.5 Å². The normalized spacial score (nSPS) is 11.9. The number of sulfonamides is 1. The van der Waals surface area contributed by atoms with Crippen LogP contribution in [0.5, 0.6) is 5.75 Å². The molecule has 0 spiro atoms. The molecule has 0 aliphatic rings. The number of methoxy groups -OCH3 is 1. The molecule has 1 N–H and O–H groups in total. The van der Waals surface area contributed by atoms with E-state index in [1.807, 2.05) is 44.2 Å². The molecular weight excluding hydrogens is 562 g/mol. The summed E-state index contributed by atoms with van der Waals surface area (Å²) < 4.78 is 32.5. The predicted octanol–water partition coefficient (Wildman–Crippen LogP) is 4.98. The minimum absolute atomic E-state index is 0.0806. The molecule has 10 heteroatoms. The Bertz CT molecular complexity index is 1420. The number of hydrogen-bond acceptors (Lipinski definition) is 5. The monoisotopic (exact) mass is 599 g/mol. The van der Waals surface area contributed by atoms with E-state index in [1.165, 1.54) is 12.0 Å². The first kappa shape index (κ1) is 32.0. The molecule has 0 aliphatic carbocycles. The lowest BCUT2D eigenvalue weighted by atomic mass is 10.0. The summed E-state index contributed by atoms with van der Waals surface area (Å²) in [5.41, 5.74) is 2.68. The maximum atomic E-state index is 14.2. The molecule has 3 aromatic carbocycles. The molecule has 3 rings (SSSR count). The van der Waals surface area contributed by atoms with E-state index in [0.717, 1.165) is 40.1 Å². The van der Waals surface area contributed by atoms with Crippen molar-refractivity contribution < 1.29 is 22.7 Å². The molecule has 0 unspecified atom stereocenters. The maximum Gasteiger partial charge on any atom is 0.244 e. The average molecular weight is 600 g/mol. The van der Waals surface area contributed by atoms with Crippen LogP contribution in [0.25, 0.3) is 0 Å². The first-order valence-electron chi connectivity index (χ1n) is 13.5. The SMILES string of the molecule is CCCCNC(=O)[C@H](Cc1ccccc1)N(Cc1ccc(Cl)cc1)C(=O)CN(c1cc(C)ccc1OC)S(C)(=O)=O. The number of ether oxygens (including phenoxy) is 1. The third-order valence-electron chi connectivity index (χ3n) is 6.65. The van der Waals surface area contributed by atoms with Crippen LogP contribution in [-0.2, 0) is 32.6 Å². The van der Waals surface area contributed by atoms with Crippen LogP contribution in [-0.4, -0.2) is 57.6 Å². The van der Waals surface area contributed by atoms with E-state index >= 15 is 0 Å². The highest BCUT2D eigenvalue weighted by Crippen LogP contribution is 2.31. The molecule has 41 heavy (non-hydrogen) atoms. The number of carbonyl (C=O) groups excluding carboxylic acids is 2. The summed E-state index contributed by atoms with van der Waals surface area (Å²) in [6.45, 7) is 3.90. The van der Waals surface area contributed by atoms with Crippen molar-refractivity contribution in [2.45, 2.75) is 45.7 Å². The fourth-order valence-corrected chi connectivity index (χ4v) is 5.41. The molecule has 0 aliphatic heterocycles. The Kier molecular flexibility index (Phi) is 11.6. The van der Waals surface area contributed by atoms with Gasteiger partial charge in [0.15, 0.2) is 0 Å². The lowest BCUT2D eigenvalue weighted by molar-refractivity contribution is -0.140. The summed E-state index contributed by atoms with van der Waals surface area (Å²) in [6.07, 6.45) is 3.00. The van der Waals surface area contributed by atoms with Crippen LogP contribution < -0.4 is 14.4 Å². The van der Waals surface area contributed by atoms with Gasteiger partial charge in [-0.25, -0.2) is 8.42 Å². The van der Waals surface area contributed by atoms with Crippen molar-refractivity contribution in [1.82, 2.24) is 10.2 Å². The zero-order chi connectivity index (χ0) is 30.0. The van der Waals surface area contributed by atoms with Gasteiger partial charge < -0.3 is 15.0 Å². The molecule has 0 saturated carbocycles. The molecule has 8 nitrogen and oxygen atoms in total. The number of unbranched alkanes of at least 4 members (excludes halogenated alkanes) is 1. The Hall–Kier alpha value is -3.56. The van der Waals surface area contributed by atoms with Gasteiger partial charge in [-0.15, -0.1) is 0 Å². The highest BCUT2D eigenvalue weighted by molar-refractivity contribution is 7.92. The van der Waals surface area contributed by atoms with Gasteiger partial charge in [-0.05, 0) is 54.3 Å². The topological polar surface area (TPSA) is 96.0 Å². The highest BCUT2D eigenvalue weighted by atomic mass is 35.5. The third kappa shape index (κ3) is 9.23. The number of nitrogens with one attached hydrogen (secondary N) is 1. The van der Waals surface area contributed by atoms with Crippen molar-refractivity contribution in [3.63, 3.8) is 0 Å². The average Bonchev–Trinajstić information content (AvgIpc) is 2.94. The summed E-state index contributed by atoms with van der Waals surface area (Å²) in [4.78, 5) is 29.3. The van der Waals surface area contributed by atoms with Crippen LogP contribution in [0.15, 0.2) is 72.8 Å². The van der Waals surface area contributed by atoms with Crippen molar-refractivity contribution in [3.05, 3.63) is 94.5 Å². The third-order valence-corrected chi connectivity index (χ3v) is 8.03. The van der Waals surface area contributed by atoms with E-state index in [4.69, 9.17) is 16.3 Å². The van der Waals surface area contributed by atoms with Gasteiger partial charge in [0.1, 0.15) is 18.3 Å². The summed E-state index contributed by atoms with van der Waals surface area (Å²) >= 11 is 6.10. The fourth-order valence-electron chi connectivity index (χ4n) is 4.44. The van der Waals surface area contributed by atoms with Crippen molar-refractivity contribution in [3.8, 4) is 5.75 Å². The minimum atomic E-state index is -3.91. The molecule has 0 bridgehead atoms. The standard InChI is InChI=1S/C31H38ClN3O5S/c1-5-6-18-33-31(37)28(20-24-10-8-7-9-11-24)34(21-25-13-15-26(32)16-14-25)30(36)22-35(41(4,38)39)27-19-23(2)12-17-29(27)40-3/h7-17,19,28H,5-6,18,20-22H2,1-4H3,(H,33,37)/t28-/m0/s1. The van der Waals surface area contributed by atoms with E-state index in [1.54, 1.807) is 42.5 Å². The Morgan fingerprint density at radius 2 is 1.68 bits per heavy atom. The van der Waals surface area contributed by atoms with E-state index in [0.29, 0.717) is 17.3 Å². The van der Waals surface area contributed by atoms with Crippen LogP contribution in [0, 0.1) is 6.92 Å². The first-order valence-corrected chi connectivity index (χ1v) is 15.7. The van der Waals surface area contributed by atoms with Gasteiger partial charge in [0.25, 0.3) is 0 Å². The zero-order valence-electron chi connectivity index (χ0n) is 24.0. The molecule has 3 aromatic rings. The summed E-state index contributed by atoms with van der Waals surface area (Å²) in [5.74, 6) is -0.514. The van der Waals surface area contributed by atoms with Crippen LogP contribution in [0.2, 0.25) is 5.02 Å². The quantitative estimate of drug-likeness (QED) is 0.264. The number of aryl methyl sites for hydroxylation is 1. The smallest absolute Gasteiger partial charge is 0.244 e. The number of benzene rings is 3. The lowest BCUT2D eigenvalue weighted by Gasteiger charge is -2.33. The first-order chi connectivity index (χ1) is 19.5. The van der Waals surface area contributed by atoms with Gasteiger partial charge in [-0.3, -0.25) is 13.9 Å². The van der Waals surface area contributed by atoms with Gasteiger partial charge in [-0.1, -0.05) is 73.5 Å². The number of nitrogens with zero attached hydrogens (tertiary/aromatic N) is 2. The van der Waals surface area contributed by atoms with Crippen molar-refractivity contribution in [2.75, 3.05) is 30.8 Å². The lowest BCUT2D eigenvalue weighted by Crippen LogP contribution is -2.53. The predicted molar refractivity (Wildman–Crippen MR) is 164 cm³/mol. The number of anilines is 1. The molecule has 220 valence electrons. The zero-order valence-corrected chi connectivity index (χ0v) is 25.5. The Labute approximate surface area is 248 Å². The van der Waals surface area contributed by atoms with Crippen LogP contribution >= 0.6 is 11.6 Å². The summed E-state index contributed by atoms with van der Waals surface area (Å²) in [5, 5.41) is 3.51. The molecular formula is C31H38ClN3O5S. The van der Waals surface area contributed by atoms with Gasteiger partial charge in [0.2, 0.25) is 21.8 Å². The Balaban J connectivity index is 2.07. The van der Waals surface area contributed by atoms with Crippen molar-refractivity contribution in [2.24, 2.45) is 0 Å². The van der Waals surface area contributed by atoms with Gasteiger partial charge in [-0.2, -0.15) is 0 Å². The second-order valence-corrected chi connectivity index (χ2v) is 12.3. The summed E-state index contributed by atoms with van der Waals surface area (Å²) in [6, 6.07) is 20.7. The highest BCUT2D eigenvalue weighted by Gasteiger charge is 2.33. The van der Waals surface area contributed by atoms with Gasteiger partial charge >= 0.3 is 0 Å². The molecule has 0 saturated heterocycles. The molecule has 1 atom stereocenters. The molecule has 0 fully saturated rings. The largest absolute Gasteiger partial charge is 0.495 e. The number of carbonyl (C=O) groups is 2. The summed E-state index contributed by atoms with van der Waals surface area (Å²) in [7, 11) is -2.46. The van der Waals surface area contributed by atoms with E-state index in [2.05, 4.69) is 5.32 Å².